The number of urea groups is 1. The zero-order chi connectivity index (χ0) is 34.2. The van der Waals surface area contributed by atoms with Crippen molar-refractivity contribution in [1.29, 1.82) is 0 Å². The van der Waals surface area contributed by atoms with Crippen molar-refractivity contribution >= 4 is 39.9 Å². The molecule has 4 N–H and O–H groups in total. The number of hydrogen-bond donors (Lipinski definition) is 4. The number of anilines is 4. The second-order valence-electron chi connectivity index (χ2n) is 11.4. The number of aromatic nitrogens is 5. The molecule has 6 rings (SSSR count). The van der Waals surface area contributed by atoms with Crippen molar-refractivity contribution in [2.24, 2.45) is 0 Å². The Morgan fingerprint density at radius 3 is 2.47 bits per heavy atom. The van der Waals surface area contributed by atoms with Gasteiger partial charge >= 0.3 is 6.03 Å². The van der Waals surface area contributed by atoms with E-state index in [9.17, 15) is 9.90 Å². The van der Waals surface area contributed by atoms with E-state index in [0.717, 1.165) is 58.3 Å². The van der Waals surface area contributed by atoms with E-state index < -0.39 is 0 Å². The summed E-state index contributed by atoms with van der Waals surface area (Å²) in [6.45, 7) is 4.24. The van der Waals surface area contributed by atoms with E-state index in [1.807, 2.05) is 79.7 Å². The molecule has 3 aromatic carbocycles. The highest BCUT2D eigenvalue weighted by Gasteiger charge is 2.16. The van der Waals surface area contributed by atoms with Crippen LogP contribution in [-0.2, 0) is 19.6 Å². The molecular formula is C37H38N8O4. The molecule has 49 heavy (non-hydrogen) atoms. The van der Waals surface area contributed by atoms with Crippen molar-refractivity contribution in [2.45, 2.75) is 46.3 Å². The van der Waals surface area contributed by atoms with E-state index in [4.69, 9.17) is 14.6 Å². The van der Waals surface area contributed by atoms with Gasteiger partial charge in [-0.3, -0.25) is 10.3 Å². The molecule has 2 amide bonds. The Hall–Kier alpha value is -6.01. The molecule has 0 spiro atoms. The van der Waals surface area contributed by atoms with Gasteiger partial charge in [-0.2, -0.15) is 5.10 Å². The molecule has 0 aliphatic rings. The van der Waals surface area contributed by atoms with Crippen LogP contribution in [0, 0.1) is 6.92 Å². The number of ether oxygens (including phenoxy) is 2. The Kier molecular flexibility index (Phi) is 10.3. The molecule has 0 saturated heterocycles. The van der Waals surface area contributed by atoms with Gasteiger partial charge in [-0.15, -0.1) is 0 Å². The zero-order valence-corrected chi connectivity index (χ0v) is 27.6. The first-order chi connectivity index (χ1) is 23.9. The number of carbonyl (C=O) groups excluding carboxylic acids is 1. The van der Waals surface area contributed by atoms with Crippen LogP contribution in [-0.4, -0.2) is 43.0 Å². The topological polar surface area (TPSA) is 148 Å². The van der Waals surface area contributed by atoms with Crippen LogP contribution < -0.4 is 25.4 Å². The van der Waals surface area contributed by atoms with Gasteiger partial charge < -0.3 is 25.2 Å². The zero-order valence-electron chi connectivity index (χ0n) is 27.6. The smallest absolute Gasteiger partial charge is 0.324 e. The molecule has 0 aliphatic heterocycles. The number of aryl methyl sites for hydroxylation is 2. The van der Waals surface area contributed by atoms with E-state index >= 15 is 0 Å². The average Bonchev–Trinajstić information content (AvgIpc) is 3.52. The molecule has 3 heterocycles. The molecule has 0 fully saturated rings. The van der Waals surface area contributed by atoms with Gasteiger partial charge in [0.1, 0.15) is 35.6 Å². The summed E-state index contributed by atoms with van der Waals surface area (Å²) in [6.07, 6.45) is 7.59. The first-order valence-corrected chi connectivity index (χ1v) is 16.0. The SMILES string of the molecule is CCCCc1cc(NC(=O)Nc2ccc(OCc3ccnc(Nc4cnc(CO)cn4)c3)c3ccccc23)n(-c2ccc(OC)c(C)c2)n1. The predicted molar refractivity (Wildman–Crippen MR) is 190 cm³/mol. The second-order valence-corrected chi connectivity index (χ2v) is 11.4. The Bertz CT molecular complexity index is 2060. The number of nitrogens with one attached hydrogen (secondary N) is 3. The monoisotopic (exact) mass is 658 g/mol. The van der Waals surface area contributed by atoms with Crippen LogP contribution in [0.2, 0.25) is 0 Å². The molecule has 0 atom stereocenters. The van der Waals surface area contributed by atoms with E-state index in [1.54, 1.807) is 24.2 Å². The summed E-state index contributed by atoms with van der Waals surface area (Å²) in [5, 5.41) is 24.8. The molecule has 12 nitrogen and oxygen atoms in total. The molecule has 0 aliphatic carbocycles. The van der Waals surface area contributed by atoms with Crippen LogP contribution in [0.5, 0.6) is 11.5 Å². The largest absolute Gasteiger partial charge is 0.496 e. The maximum atomic E-state index is 13.4. The minimum atomic E-state index is -0.389. The van der Waals surface area contributed by atoms with E-state index in [0.29, 0.717) is 41.2 Å². The lowest BCUT2D eigenvalue weighted by molar-refractivity contribution is 0.262. The van der Waals surface area contributed by atoms with E-state index in [-0.39, 0.29) is 12.6 Å². The number of unbranched alkanes of at least 4 members (excludes halogenated alkanes) is 1. The average molecular weight is 659 g/mol. The molecule has 250 valence electrons. The van der Waals surface area contributed by atoms with Crippen LogP contribution in [0.1, 0.15) is 42.3 Å². The summed E-state index contributed by atoms with van der Waals surface area (Å²) in [5.41, 5.74) is 4.71. The van der Waals surface area contributed by atoms with Crippen molar-refractivity contribution in [3.05, 3.63) is 114 Å². The number of methoxy groups -OCH3 is 1. The summed E-state index contributed by atoms with van der Waals surface area (Å²) in [4.78, 5) is 26.2. The van der Waals surface area contributed by atoms with Crippen LogP contribution in [0.4, 0.5) is 27.9 Å². The van der Waals surface area contributed by atoms with Gasteiger partial charge in [-0.1, -0.05) is 37.6 Å². The fourth-order valence-electron chi connectivity index (χ4n) is 5.39. The maximum Gasteiger partial charge on any atom is 0.324 e. The highest BCUT2D eigenvalue weighted by molar-refractivity contribution is 6.07. The number of rotatable bonds is 13. The van der Waals surface area contributed by atoms with Crippen LogP contribution in [0.25, 0.3) is 16.5 Å². The Morgan fingerprint density at radius 2 is 1.71 bits per heavy atom. The normalized spacial score (nSPS) is 10.9. The van der Waals surface area contributed by atoms with Gasteiger partial charge in [0.2, 0.25) is 0 Å². The molecule has 0 saturated carbocycles. The van der Waals surface area contributed by atoms with Crippen LogP contribution in [0.3, 0.4) is 0 Å². The summed E-state index contributed by atoms with van der Waals surface area (Å²) in [5.74, 6) is 3.12. The van der Waals surface area contributed by atoms with Gasteiger partial charge in [0.25, 0.3) is 0 Å². The second kappa shape index (κ2) is 15.3. The third-order valence-electron chi connectivity index (χ3n) is 7.89. The fraction of sp³-hybridized carbons (Fsp3) is 0.216. The lowest BCUT2D eigenvalue weighted by Crippen LogP contribution is -2.21. The number of carbonyl (C=O) groups is 1. The molecular weight excluding hydrogens is 620 g/mol. The van der Waals surface area contributed by atoms with E-state index in [2.05, 4.69) is 37.8 Å². The Balaban J connectivity index is 1.17. The van der Waals surface area contributed by atoms with Gasteiger partial charge in [0, 0.05) is 23.0 Å². The number of pyridine rings is 1. The Morgan fingerprint density at radius 1 is 0.878 bits per heavy atom. The Labute approximate surface area is 284 Å². The number of hydrogen-bond acceptors (Lipinski definition) is 9. The fourth-order valence-corrected chi connectivity index (χ4v) is 5.39. The van der Waals surface area contributed by atoms with E-state index in [1.165, 1.54) is 6.20 Å². The van der Waals surface area contributed by atoms with Crippen molar-refractivity contribution in [3.63, 3.8) is 0 Å². The highest BCUT2D eigenvalue weighted by Crippen LogP contribution is 2.33. The van der Waals surface area contributed by atoms with Gasteiger partial charge in [0.15, 0.2) is 0 Å². The molecule has 0 radical (unpaired) electrons. The third kappa shape index (κ3) is 7.94. The number of fused-ring (bicyclic) bond motifs is 1. The lowest BCUT2D eigenvalue weighted by atomic mass is 10.1. The predicted octanol–water partition coefficient (Wildman–Crippen LogP) is 7.33. The summed E-state index contributed by atoms with van der Waals surface area (Å²) >= 11 is 0. The minimum absolute atomic E-state index is 0.172. The van der Waals surface area contributed by atoms with Crippen molar-refractivity contribution in [2.75, 3.05) is 23.1 Å². The molecule has 12 heteroatoms. The van der Waals surface area contributed by atoms with Gasteiger partial charge in [-0.05, 0) is 73.4 Å². The van der Waals surface area contributed by atoms with Gasteiger partial charge in [0.05, 0.1) is 48.9 Å². The number of amides is 2. The maximum absolute atomic E-state index is 13.4. The molecule has 0 bridgehead atoms. The minimum Gasteiger partial charge on any atom is -0.496 e. The van der Waals surface area contributed by atoms with Crippen LogP contribution in [0.15, 0.2) is 91.4 Å². The lowest BCUT2D eigenvalue weighted by Gasteiger charge is -2.15. The molecule has 6 aromatic rings. The quantitative estimate of drug-likeness (QED) is 0.100. The van der Waals surface area contributed by atoms with Gasteiger partial charge in [-0.25, -0.2) is 19.4 Å². The number of benzene rings is 3. The number of nitrogens with zero attached hydrogens (tertiary/aromatic N) is 5. The highest BCUT2D eigenvalue weighted by atomic mass is 16.5. The summed E-state index contributed by atoms with van der Waals surface area (Å²) in [7, 11) is 1.64. The molecule has 3 aromatic heterocycles. The van der Waals surface area contributed by atoms with Crippen LogP contribution >= 0.6 is 0 Å². The third-order valence-corrected chi connectivity index (χ3v) is 7.89. The first-order valence-electron chi connectivity index (χ1n) is 16.0. The standard InChI is InChI=1S/C37H38N8O4/c1-4-5-8-26-19-36(45(44-26)28-11-13-32(48-3)24(2)17-28)43-37(47)41-31-12-14-33(30-10-7-6-9-29(30)31)49-23-25-15-16-38-34(18-25)42-35-21-39-27(22-46)20-40-35/h6-7,9-21,46H,4-5,8,22-23H2,1-3H3,(H,38,40,42)(H2,41,43,47). The summed E-state index contributed by atoms with van der Waals surface area (Å²) in [6, 6.07) is 22.5. The van der Waals surface area contributed by atoms with Crippen molar-refractivity contribution in [1.82, 2.24) is 24.7 Å². The van der Waals surface area contributed by atoms with Crippen molar-refractivity contribution in [3.8, 4) is 17.2 Å². The number of aliphatic hydroxyl groups is 1. The molecule has 0 unspecified atom stereocenters. The summed E-state index contributed by atoms with van der Waals surface area (Å²) < 4.78 is 13.5. The first kappa shape index (κ1) is 32.9. The van der Waals surface area contributed by atoms with Crippen molar-refractivity contribution < 1.29 is 19.4 Å². The number of aliphatic hydroxyl groups excluding tert-OH is 1.